The zero-order chi connectivity index (χ0) is 13.7. The van der Waals surface area contributed by atoms with Gasteiger partial charge in [0.25, 0.3) is 5.91 Å². The van der Waals surface area contributed by atoms with Gasteiger partial charge in [0.05, 0.1) is 25.2 Å². The van der Waals surface area contributed by atoms with Crippen LogP contribution in [0.25, 0.3) is 0 Å². The maximum Gasteiger partial charge on any atom is 0.275 e. The molecule has 0 aliphatic rings. The van der Waals surface area contributed by atoms with Gasteiger partial charge in [0.1, 0.15) is 11.5 Å². The van der Waals surface area contributed by atoms with Crippen LogP contribution in [0.15, 0.2) is 46.1 Å². The lowest BCUT2D eigenvalue weighted by Crippen LogP contribution is -2.18. The first-order valence-electron chi connectivity index (χ1n) is 5.41. The number of rotatable bonds is 4. The number of hydrogen-bond donors (Lipinski definition) is 1. The van der Waals surface area contributed by atoms with Crippen LogP contribution >= 0.6 is 11.6 Å². The summed E-state index contributed by atoms with van der Waals surface area (Å²) in [6, 6.07) is 8.22. The van der Waals surface area contributed by atoms with Crippen LogP contribution in [0.5, 0.6) is 5.75 Å². The minimum absolute atomic E-state index is 0.312. The molecular formula is C13H11ClN2O3. The van der Waals surface area contributed by atoms with Crippen LogP contribution in [0.4, 0.5) is 0 Å². The average Bonchev–Trinajstić information content (AvgIpc) is 2.91. The molecule has 1 aromatic heterocycles. The van der Waals surface area contributed by atoms with E-state index in [2.05, 4.69) is 10.5 Å². The zero-order valence-corrected chi connectivity index (χ0v) is 10.8. The van der Waals surface area contributed by atoms with E-state index < -0.39 is 5.91 Å². The van der Waals surface area contributed by atoms with Crippen molar-refractivity contribution in [3.8, 4) is 5.75 Å². The van der Waals surface area contributed by atoms with E-state index in [4.69, 9.17) is 20.8 Å². The summed E-state index contributed by atoms with van der Waals surface area (Å²) in [5, 5.41) is 4.22. The molecule has 0 atom stereocenters. The number of furan rings is 1. The highest BCUT2D eigenvalue weighted by Gasteiger charge is 2.12. The molecule has 19 heavy (non-hydrogen) atoms. The summed E-state index contributed by atoms with van der Waals surface area (Å²) in [6.45, 7) is 0. The molecule has 0 saturated heterocycles. The standard InChI is InChI=1S/C13H11ClN2O3/c1-18-12-5-4-9(14)7-11(12)13(17)16-15-8-10-3-2-6-19-10/h2-8H,1H3,(H,16,17)/b15-8+. The van der Waals surface area contributed by atoms with Gasteiger partial charge in [-0.25, -0.2) is 5.43 Å². The van der Waals surface area contributed by atoms with Gasteiger partial charge >= 0.3 is 0 Å². The van der Waals surface area contributed by atoms with E-state index in [0.29, 0.717) is 22.1 Å². The van der Waals surface area contributed by atoms with E-state index in [1.807, 2.05) is 0 Å². The maximum absolute atomic E-state index is 11.9. The van der Waals surface area contributed by atoms with Gasteiger partial charge in [-0.05, 0) is 30.3 Å². The minimum atomic E-state index is -0.415. The van der Waals surface area contributed by atoms with E-state index >= 15 is 0 Å². The third-order valence-electron chi connectivity index (χ3n) is 2.31. The van der Waals surface area contributed by atoms with Crippen LogP contribution in [0.1, 0.15) is 16.1 Å². The van der Waals surface area contributed by atoms with E-state index in [0.717, 1.165) is 0 Å². The number of amides is 1. The largest absolute Gasteiger partial charge is 0.496 e. The fourth-order valence-electron chi connectivity index (χ4n) is 1.44. The molecule has 1 heterocycles. The highest BCUT2D eigenvalue weighted by Crippen LogP contribution is 2.22. The van der Waals surface area contributed by atoms with Crippen molar-refractivity contribution in [1.29, 1.82) is 0 Å². The first-order chi connectivity index (χ1) is 9.20. The summed E-state index contributed by atoms with van der Waals surface area (Å²) in [4.78, 5) is 11.9. The number of hydrogen-bond acceptors (Lipinski definition) is 4. The first kappa shape index (κ1) is 13.2. The van der Waals surface area contributed by atoms with Gasteiger partial charge in [0.15, 0.2) is 0 Å². The Balaban J connectivity index is 2.09. The second kappa shape index (κ2) is 6.06. The zero-order valence-electron chi connectivity index (χ0n) is 10.1. The number of halogens is 1. The summed E-state index contributed by atoms with van der Waals surface area (Å²) >= 11 is 5.84. The van der Waals surface area contributed by atoms with Crippen LogP contribution in [0.3, 0.4) is 0 Å². The molecule has 0 saturated carbocycles. The quantitative estimate of drug-likeness (QED) is 0.691. The number of nitrogens with one attached hydrogen (secondary N) is 1. The Morgan fingerprint density at radius 3 is 3.00 bits per heavy atom. The number of carbonyl (C=O) groups excluding carboxylic acids is 1. The van der Waals surface area contributed by atoms with E-state index in [1.165, 1.54) is 25.7 Å². The first-order valence-corrected chi connectivity index (χ1v) is 5.79. The molecule has 1 N–H and O–H groups in total. The van der Waals surface area contributed by atoms with Crippen molar-refractivity contribution in [3.05, 3.63) is 52.9 Å². The molecule has 98 valence electrons. The number of ether oxygens (including phenoxy) is 1. The fourth-order valence-corrected chi connectivity index (χ4v) is 1.61. The topological polar surface area (TPSA) is 63.8 Å². The molecule has 5 nitrogen and oxygen atoms in total. The highest BCUT2D eigenvalue weighted by atomic mass is 35.5. The van der Waals surface area contributed by atoms with Gasteiger partial charge in [-0.15, -0.1) is 0 Å². The summed E-state index contributed by atoms with van der Waals surface area (Å²) in [6.07, 6.45) is 2.91. The molecule has 0 fully saturated rings. The number of carbonyl (C=O) groups is 1. The summed E-state index contributed by atoms with van der Waals surface area (Å²) in [5.41, 5.74) is 2.68. The molecule has 1 amide bonds. The van der Waals surface area contributed by atoms with Crippen molar-refractivity contribution in [1.82, 2.24) is 5.43 Å². The van der Waals surface area contributed by atoms with E-state index in [9.17, 15) is 4.79 Å². The van der Waals surface area contributed by atoms with E-state index in [1.54, 1.807) is 24.3 Å². The van der Waals surface area contributed by atoms with Gasteiger partial charge < -0.3 is 9.15 Å². The normalized spacial score (nSPS) is 10.6. The van der Waals surface area contributed by atoms with Gasteiger partial charge in [-0.2, -0.15) is 5.10 Å². The smallest absolute Gasteiger partial charge is 0.275 e. The maximum atomic E-state index is 11.9. The van der Waals surface area contributed by atoms with Crippen LogP contribution in [0, 0.1) is 0 Å². The Bertz CT molecular complexity index is 594. The van der Waals surface area contributed by atoms with Crippen molar-refractivity contribution in [2.24, 2.45) is 5.10 Å². The molecule has 0 bridgehead atoms. The minimum Gasteiger partial charge on any atom is -0.496 e. The summed E-state index contributed by atoms with van der Waals surface area (Å²) in [5.74, 6) is 0.551. The number of nitrogens with zero attached hydrogens (tertiary/aromatic N) is 1. The Kier molecular flexibility index (Phi) is 4.20. The Morgan fingerprint density at radius 2 is 2.32 bits per heavy atom. The third kappa shape index (κ3) is 3.35. The predicted octanol–water partition coefficient (Wildman–Crippen LogP) is 2.71. The highest BCUT2D eigenvalue weighted by molar-refractivity contribution is 6.31. The Hall–Kier alpha value is -2.27. The molecule has 1 aromatic carbocycles. The van der Waals surface area contributed by atoms with Crippen molar-refractivity contribution >= 4 is 23.7 Å². The predicted molar refractivity (Wildman–Crippen MR) is 71.8 cm³/mol. The van der Waals surface area contributed by atoms with Crippen LogP contribution in [-0.2, 0) is 0 Å². The summed E-state index contributed by atoms with van der Waals surface area (Å²) < 4.78 is 10.1. The molecule has 0 unspecified atom stereocenters. The SMILES string of the molecule is COc1ccc(Cl)cc1C(=O)N/N=C/c1ccco1. The molecule has 0 spiro atoms. The van der Waals surface area contributed by atoms with Crippen LogP contribution in [-0.4, -0.2) is 19.2 Å². The second-order valence-corrected chi connectivity index (χ2v) is 4.00. The van der Waals surface area contributed by atoms with Crippen LogP contribution in [0.2, 0.25) is 5.02 Å². The van der Waals surface area contributed by atoms with Crippen LogP contribution < -0.4 is 10.2 Å². The van der Waals surface area contributed by atoms with Crippen molar-refractivity contribution < 1.29 is 13.9 Å². The third-order valence-corrected chi connectivity index (χ3v) is 2.54. The number of methoxy groups -OCH3 is 1. The molecular weight excluding hydrogens is 268 g/mol. The molecule has 0 aliphatic carbocycles. The van der Waals surface area contributed by atoms with Gasteiger partial charge in [0.2, 0.25) is 0 Å². The van der Waals surface area contributed by atoms with Gasteiger partial charge in [0, 0.05) is 5.02 Å². The van der Waals surface area contributed by atoms with Crippen molar-refractivity contribution in [3.63, 3.8) is 0 Å². The molecule has 2 rings (SSSR count). The average molecular weight is 279 g/mol. The Morgan fingerprint density at radius 1 is 1.47 bits per heavy atom. The van der Waals surface area contributed by atoms with E-state index in [-0.39, 0.29) is 0 Å². The van der Waals surface area contributed by atoms with Crippen molar-refractivity contribution in [2.45, 2.75) is 0 Å². The molecule has 2 aromatic rings. The van der Waals surface area contributed by atoms with Gasteiger partial charge in [-0.1, -0.05) is 11.6 Å². The lowest BCUT2D eigenvalue weighted by atomic mass is 10.2. The molecule has 6 heteroatoms. The van der Waals surface area contributed by atoms with Gasteiger partial charge in [-0.3, -0.25) is 4.79 Å². The monoisotopic (exact) mass is 278 g/mol. The molecule has 0 aliphatic heterocycles. The van der Waals surface area contributed by atoms with Crippen molar-refractivity contribution in [2.75, 3.05) is 7.11 Å². The fraction of sp³-hybridized carbons (Fsp3) is 0.0769. The lowest BCUT2D eigenvalue weighted by molar-refractivity contribution is 0.0952. The Labute approximate surface area is 114 Å². The number of hydrazone groups is 1. The molecule has 0 radical (unpaired) electrons. The lowest BCUT2D eigenvalue weighted by Gasteiger charge is -2.06. The summed E-state index contributed by atoms with van der Waals surface area (Å²) in [7, 11) is 1.48. The number of benzene rings is 1. The second-order valence-electron chi connectivity index (χ2n) is 3.56.